The molecule has 0 spiro atoms. The van der Waals surface area contributed by atoms with Gasteiger partial charge in [-0.15, -0.1) is 0 Å². The lowest BCUT2D eigenvalue weighted by molar-refractivity contribution is 0.133. The Morgan fingerprint density at radius 1 is 1.25 bits per heavy atom. The standard InChI is InChI=1S/C17H27N3/c1-17(7-9-20(2)10-8-17)12-19-16-11-15(18)13-5-3-4-6-14(13)16/h3-6,15-16,19H,7-12,18H2,1-2H3. The molecule has 1 aliphatic carbocycles. The van der Waals surface area contributed by atoms with Gasteiger partial charge in [0.1, 0.15) is 0 Å². The van der Waals surface area contributed by atoms with Crippen molar-refractivity contribution in [1.29, 1.82) is 0 Å². The van der Waals surface area contributed by atoms with E-state index in [9.17, 15) is 0 Å². The van der Waals surface area contributed by atoms with E-state index >= 15 is 0 Å². The maximum atomic E-state index is 6.25. The minimum atomic E-state index is 0.203. The average Bonchev–Trinajstić information content (AvgIpc) is 2.78. The number of hydrogen-bond acceptors (Lipinski definition) is 3. The molecule has 1 saturated heterocycles. The van der Waals surface area contributed by atoms with Crippen molar-refractivity contribution in [3.8, 4) is 0 Å². The first-order chi connectivity index (χ1) is 9.57. The molecule has 0 aromatic heterocycles. The van der Waals surface area contributed by atoms with Gasteiger partial charge in [0.2, 0.25) is 0 Å². The van der Waals surface area contributed by atoms with E-state index in [1.165, 1.54) is 37.1 Å². The molecule has 3 rings (SSSR count). The van der Waals surface area contributed by atoms with Gasteiger partial charge in [-0.05, 0) is 55.9 Å². The Labute approximate surface area is 122 Å². The van der Waals surface area contributed by atoms with Gasteiger partial charge < -0.3 is 16.0 Å². The molecular formula is C17H27N3. The van der Waals surface area contributed by atoms with Gasteiger partial charge in [-0.2, -0.15) is 0 Å². The summed E-state index contributed by atoms with van der Waals surface area (Å²) in [6.07, 6.45) is 3.61. The first-order valence-electron chi connectivity index (χ1n) is 7.84. The summed E-state index contributed by atoms with van der Waals surface area (Å²) in [6, 6.07) is 9.28. The quantitative estimate of drug-likeness (QED) is 0.889. The van der Waals surface area contributed by atoms with E-state index in [4.69, 9.17) is 5.73 Å². The molecule has 0 saturated carbocycles. The zero-order chi connectivity index (χ0) is 14.2. The third-order valence-corrected chi connectivity index (χ3v) is 5.23. The first-order valence-corrected chi connectivity index (χ1v) is 7.84. The van der Waals surface area contributed by atoms with Crippen molar-refractivity contribution in [2.75, 3.05) is 26.7 Å². The third-order valence-electron chi connectivity index (χ3n) is 5.23. The Balaban J connectivity index is 1.62. The van der Waals surface area contributed by atoms with Crippen LogP contribution in [0.2, 0.25) is 0 Å². The van der Waals surface area contributed by atoms with Crippen molar-refractivity contribution in [3.05, 3.63) is 35.4 Å². The molecule has 2 atom stereocenters. The van der Waals surface area contributed by atoms with Crippen molar-refractivity contribution in [2.45, 2.75) is 38.3 Å². The molecule has 0 bridgehead atoms. The summed E-state index contributed by atoms with van der Waals surface area (Å²) in [7, 11) is 2.22. The highest BCUT2D eigenvalue weighted by atomic mass is 15.1. The molecule has 0 amide bonds. The van der Waals surface area contributed by atoms with E-state index in [0.717, 1.165) is 13.0 Å². The largest absolute Gasteiger partial charge is 0.324 e. The highest BCUT2D eigenvalue weighted by Gasteiger charge is 2.32. The predicted octanol–water partition coefficient (Wildman–Crippen LogP) is 2.45. The second-order valence-corrected chi connectivity index (χ2v) is 7.02. The predicted molar refractivity (Wildman–Crippen MR) is 83.6 cm³/mol. The molecule has 2 unspecified atom stereocenters. The Kier molecular flexibility index (Phi) is 3.85. The molecule has 0 radical (unpaired) electrons. The van der Waals surface area contributed by atoms with E-state index in [2.05, 4.69) is 48.5 Å². The number of piperidine rings is 1. The smallest absolute Gasteiger partial charge is 0.0341 e. The highest BCUT2D eigenvalue weighted by Crippen LogP contribution is 2.38. The van der Waals surface area contributed by atoms with E-state index < -0.39 is 0 Å². The van der Waals surface area contributed by atoms with Crippen LogP contribution < -0.4 is 11.1 Å². The molecule has 3 heteroatoms. The van der Waals surface area contributed by atoms with Crippen LogP contribution in [0.25, 0.3) is 0 Å². The van der Waals surface area contributed by atoms with Gasteiger partial charge in [0.15, 0.2) is 0 Å². The second-order valence-electron chi connectivity index (χ2n) is 7.02. The van der Waals surface area contributed by atoms with Crippen LogP contribution in [0.3, 0.4) is 0 Å². The number of hydrogen-bond donors (Lipinski definition) is 2. The lowest BCUT2D eigenvalue weighted by Crippen LogP contribution is -2.42. The average molecular weight is 273 g/mol. The summed E-state index contributed by atoms with van der Waals surface area (Å²) in [5, 5.41) is 3.79. The molecule has 1 aromatic rings. The number of nitrogens with two attached hydrogens (primary N) is 1. The number of rotatable bonds is 3. The maximum Gasteiger partial charge on any atom is 0.0341 e. The molecule has 20 heavy (non-hydrogen) atoms. The molecular weight excluding hydrogens is 246 g/mol. The van der Waals surface area contributed by atoms with Gasteiger partial charge in [0.05, 0.1) is 0 Å². The van der Waals surface area contributed by atoms with Crippen molar-refractivity contribution < 1.29 is 0 Å². The van der Waals surface area contributed by atoms with Crippen molar-refractivity contribution in [1.82, 2.24) is 10.2 Å². The van der Waals surface area contributed by atoms with E-state index in [-0.39, 0.29) is 6.04 Å². The van der Waals surface area contributed by atoms with Crippen LogP contribution in [-0.4, -0.2) is 31.6 Å². The molecule has 3 N–H and O–H groups in total. The fraction of sp³-hybridized carbons (Fsp3) is 0.647. The van der Waals surface area contributed by atoms with Crippen LogP contribution in [-0.2, 0) is 0 Å². The molecule has 1 fully saturated rings. The van der Waals surface area contributed by atoms with Gasteiger partial charge in [-0.3, -0.25) is 0 Å². The highest BCUT2D eigenvalue weighted by molar-refractivity contribution is 5.37. The zero-order valence-corrected chi connectivity index (χ0v) is 12.7. The summed E-state index contributed by atoms with van der Waals surface area (Å²) < 4.78 is 0. The van der Waals surface area contributed by atoms with Gasteiger partial charge >= 0.3 is 0 Å². The fourth-order valence-electron chi connectivity index (χ4n) is 3.57. The number of likely N-dealkylation sites (tertiary alicyclic amines) is 1. The number of fused-ring (bicyclic) bond motifs is 1. The molecule has 2 aliphatic rings. The zero-order valence-electron chi connectivity index (χ0n) is 12.7. The van der Waals surface area contributed by atoms with Gasteiger partial charge in [-0.25, -0.2) is 0 Å². The molecule has 110 valence electrons. The van der Waals surface area contributed by atoms with Crippen molar-refractivity contribution >= 4 is 0 Å². The van der Waals surface area contributed by atoms with Crippen LogP contribution in [0.15, 0.2) is 24.3 Å². The Bertz CT molecular complexity index is 463. The van der Waals surface area contributed by atoms with Crippen LogP contribution >= 0.6 is 0 Å². The SMILES string of the molecule is CN1CCC(C)(CNC2CC(N)c3ccccc32)CC1. The normalized spacial score (nSPS) is 29.4. The minimum Gasteiger partial charge on any atom is -0.324 e. The summed E-state index contributed by atoms with van der Waals surface area (Å²) in [5.74, 6) is 0. The monoisotopic (exact) mass is 273 g/mol. The summed E-state index contributed by atoms with van der Waals surface area (Å²) in [5.41, 5.74) is 9.43. The van der Waals surface area contributed by atoms with Gasteiger partial charge in [0, 0.05) is 18.6 Å². The Morgan fingerprint density at radius 3 is 2.60 bits per heavy atom. The lowest BCUT2D eigenvalue weighted by atomic mass is 9.80. The second kappa shape index (κ2) is 5.47. The molecule has 1 heterocycles. The van der Waals surface area contributed by atoms with Crippen LogP contribution in [0.5, 0.6) is 0 Å². The van der Waals surface area contributed by atoms with E-state index in [0.29, 0.717) is 11.5 Å². The van der Waals surface area contributed by atoms with Crippen molar-refractivity contribution in [3.63, 3.8) is 0 Å². The molecule has 1 aliphatic heterocycles. The molecule has 1 aromatic carbocycles. The Morgan fingerprint density at radius 2 is 1.90 bits per heavy atom. The third kappa shape index (κ3) is 2.76. The molecule has 3 nitrogen and oxygen atoms in total. The van der Waals surface area contributed by atoms with E-state index in [1.807, 2.05) is 0 Å². The Hall–Kier alpha value is -0.900. The number of benzene rings is 1. The summed E-state index contributed by atoms with van der Waals surface area (Å²) >= 11 is 0. The first kappa shape index (κ1) is 14.1. The van der Waals surface area contributed by atoms with Crippen molar-refractivity contribution in [2.24, 2.45) is 11.1 Å². The number of nitrogens with one attached hydrogen (secondary N) is 1. The minimum absolute atomic E-state index is 0.203. The summed E-state index contributed by atoms with van der Waals surface area (Å²) in [4.78, 5) is 2.43. The van der Waals surface area contributed by atoms with Crippen LogP contribution in [0, 0.1) is 5.41 Å². The summed E-state index contributed by atoms with van der Waals surface area (Å²) in [6.45, 7) is 5.97. The van der Waals surface area contributed by atoms with Crippen LogP contribution in [0.1, 0.15) is 49.4 Å². The lowest BCUT2D eigenvalue weighted by Gasteiger charge is -2.38. The van der Waals surface area contributed by atoms with Gasteiger partial charge in [-0.1, -0.05) is 31.2 Å². The van der Waals surface area contributed by atoms with Crippen LogP contribution in [0.4, 0.5) is 0 Å². The fourth-order valence-corrected chi connectivity index (χ4v) is 3.57. The topological polar surface area (TPSA) is 41.3 Å². The maximum absolute atomic E-state index is 6.25. The van der Waals surface area contributed by atoms with E-state index in [1.54, 1.807) is 0 Å². The van der Waals surface area contributed by atoms with Gasteiger partial charge in [0.25, 0.3) is 0 Å². The number of nitrogens with zero attached hydrogens (tertiary/aromatic N) is 1.